The van der Waals surface area contributed by atoms with Gasteiger partial charge in [0.1, 0.15) is 0 Å². The summed E-state index contributed by atoms with van der Waals surface area (Å²) in [6.07, 6.45) is 4.24. The molecule has 0 saturated heterocycles. The van der Waals surface area contributed by atoms with Crippen molar-refractivity contribution in [3.8, 4) is 0 Å². The Morgan fingerprint density at radius 1 is 1.25 bits per heavy atom. The third-order valence-corrected chi connectivity index (χ3v) is 3.57. The molecule has 1 aromatic rings. The van der Waals surface area contributed by atoms with Crippen LogP contribution in [0.15, 0.2) is 24.3 Å². The molecule has 0 radical (unpaired) electrons. The van der Waals surface area contributed by atoms with Crippen LogP contribution in [0.25, 0.3) is 0 Å². The summed E-state index contributed by atoms with van der Waals surface area (Å²) in [6.45, 7) is 6.78. The minimum Gasteiger partial charge on any atom is -0.308 e. The van der Waals surface area contributed by atoms with Crippen molar-refractivity contribution in [1.82, 2.24) is 5.32 Å². The predicted molar refractivity (Wildman–Crippen MR) is 69.5 cm³/mol. The molecule has 0 amide bonds. The van der Waals surface area contributed by atoms with E-state index in [1.54, 1.807) is 0 Å². The molecule has 1 aliphatic rings. The summed E-state index contributed by atoms with van der Waals surface area (Å²) in [7, 11) is 0. The maximum atomic E-state index is 3.71. The van der Waals surface area contributed by atoms with Crippen LogP contribution in [0.3, 0.4) is 0 Å². The van der Waals surface area contributed by atoms with Crippen LogP contribution in [0.2, 0.25) is 0 Å². The normalized spacial score (nSPS) is 19.4. The van der Waals surface area contributed by atoms with Gasteiger partial charge in [-0.1, -0.05) is 37.1 Å². The van der Waals surface area contributed by atoms with E-state index in [2.05, 4.69) is 50.4 Å². The molecule has 1 fully saturated rings. The topological polar surface area (TPSA) is 12.0 Å². The van der Waals surface area contributed by atoms with E-state index in [0.29, 0.717) is 12.1 Å². The number of benzene rings is 1. The summed E-state index contributed by atoms with van der Waals surface area (Å²) in [4.78, 5) is 0. The van der Waals surface area contributed by atoms with Gasteiger partial charge in [-0.3, -0.25) is 0 Å². The molecule has 88 valence electrons. The van der Waals surface area contributed by atoms with E-state index in [0.717, 1.165) is 5.92 Å². The maximum absolute atomic E-state index is 3.71. The molecule has 16 heavy (non-hydrogen) atoms. The summed E-state index contributed by atoms with van der Waals surface area (Å²) in [5, 5.41) is 3.71. The molecular formula is C15H23N. The first kappa shape index (κ1) is 11.7. The standard InChI is InChI=1S/C15H23N/c1-11-6-4-5-7-15(11)13(3)16-12(2)10-14-8-9-14/h4-7,12-14,16H,8-10H2,1-3H3. The molecule has 0 heterocycles. The molecule has 0 bridgehead atoms. The van der Waals surface area contributed by atoms with Crippen LogP contribution in [0.4, 0.5) is 0 Å². The van der Waals surface area contributed by atoms with Crippen LogP contribution in [-0.4, -0.2) is 6.04 Å². The molecule has 1 heteroatoms. The second-order valence-electron chi connectivity index (χ2n) is 5.33. The monoisotopic (exact) mass is 217 g/mol. The Morgan fingerprint density at radius 2 is 1.94 bits per heavy atom. The van der Waals surface area contributed by atoms with Crippen LogP contribution < -0.4 is 5.32 Å². The molecule has 1 nitrogen and oxygen atoms in total. The highest BCUT2D eigenvalue weighted by Crippen LogP contribution is 2.33. The van der Waals surface area contributed by atoms with Gasteiger partial charge in [-0.25, -0.2) is 0 Å². The zero-order chi connectivity index (χ0) is 11.5. The Labute approximate surface area is 99.3 Å². The van der Waals surface area contributed by atoms with Crippen LogP contribution >= 0.6 is 0 Å². The maximum Gasteiger partial charge on any atom is 0.0296 e. The number of aryl methyl sites for hydroxylation is 1. The average molecular weight is 217 g/mol. The number of rotatable bonds is 5. The summed E-state index contributed by atoms with van der Waals surface area (Å²) in [5.41, 5.74) is 2.83. The van der Waals surface area contributed by atoms with Crippen LogP contribution in [0.1, 0.15) is 50.3 Å². The minimum atomic E-state index is 0.468. The Morgan fingerprint density at radius 3 is 2.56 bits per heavy atom. The van der Waals surface area contributed by atoms with Crippen molar-refractivity contribution >= 4 is 0 Å². The summed E-state index contributed by atoms with van der Waals surface area (Å²) < 4.78 is 0. The van der Waals surface area contributed by atoms with E-state index in [-0.39, 0.29) is 0 Å². The second-order valence-corrected chi connectivity index (χ2v) is 5.33. The molecular weight excluding hydrogens is 194 g/mol. The molecule has 2 rings (SSSR count). The van der Waals surface area contributed by atoms with E-state index in [4.69, 9.17) is 0 Å². The smallest absolute Gasteiger partial charge is 0.0296 e. The Balaban J connectivity index is 1.91. The second kappa shape index (κ2) is 5.01. The van der Waals surface area contributed by atoms with Crippen LogP contribution in [-0.2, 0) is 0 Å². The van der Waals surface area contributed by atoms with Crippen molar-refractivity contribution in [1.29, 1.82) is 0 Å². The van der Waals surface area contributed by atoms with Gasteiger partial charge in [-0.15, -0.1) is 0 Å². The highest BCUT2D eigenvalue weighted by Gasteiger charge is 2.24. The molecule has 2 atom stereocenters. The molecule has 1 saturated carbocycles. The van der Waals surface area contributed by atoms with Crippen LogP contribution in [0.5, 0.6) is 0 Å². The Bertz CT molecular complexity index is 341. The summed E-state index contributed by atoms with van der Waals surface area (Å²) >= 11 is 0. The molecule has 2 unspecified atom stereocenters. The van der Waals surface area contributed by atoms with Crippen molar-refractivity contribution < 1.29 is 0 Å². The highest BCUT2D eigenvalue weighted by atomic mass is 14.9. The SMILES string of the molecule is Cc1ccccc1C(C)NC(C)CC1CC1. The van der Waals surface area contributed by atoms with Gasteiger partial charge in [-0.2, -0.15) is 0 Å². The number of nitrogens with one attached hydrogen (secondary N) is 1. The first-order chi connectivity index (χ1) is 7.66. The van der Waals surface area contributed by atoms with E-state index < -0.39 is 0 Å². The van der Waals surface area contributed by atoms with Crippen molar-refractivity contribution in [2.75, 3.05) is 0 Å². The first-order valence-corrected chi connectivity index (χ1v) is 6.48. The fourth-order valence-electron chi connectivity index (χ4n) is 2.51. The molecule has 1 aromatic carbocycles. The Kier molecular flexibility index (Phi) is 3.65. The van der Waals surface area contributed by atoms with Crippen molar-refractivity contribution in [2.45, 2.75) is 52.1 Å². The van der Waals surface area contributed by atoms with Gasteiger partial charge in [0.25, 0.3) is 0 Å². The zero-order valence-corrected chi connectivity index (χ0v) is 10.7. The lowest BCUT2D eigenvalue weighted by Gasteiger charge is -2.21. The lowest BCUT2D eigenvalue weighted by Crippen LogP contribution is -2.29. The highest BCUT2D eigenvalue weighted by molar-refractivity contribution is 5.28. The quantitative estimate of drug-likeness (QED) is 0.790. The van der Waals surface area contributed by atoms with Gasteiger partial charge >= 0.3 is 0 Å². The van der Waals surface area contributed by atoms with Gasteiger partial charge < -0.3 is 5.32 Å². The van der Waals surface area contributed by atoms with E-state index in [1.807, 2.05) is 0 Å². The minimum absolute atomic E-state index is 0.468. The third-order valence-electron chi connectivity index (χ3n) is 3.57. The average Bonchev–Trinajstić information content (AvgIpc) is 3.01. The lowest BCUT2D eigenvalue weighted by atomic mass is 10.0. The number of hydrogen-bond donors (Lipinski definition) is 1. The first-order valence-electron chi connectivity index (χ1n) is 6.48. The van der Waals surface area contributed by atoms with Crippen LogP contribution in [0, 0.1) is 12.8 Å². The largest absolute Gasteiger partial charge is 0.308 e. The molecule has 1 N–H and O–H groups in total. The summed E-state index contributed by atoms with van der Waals surface area (Å²) in [6, 6.07) is 9.78. The van der Waals surface area contributed by atoms with E-state index in [9.17, 15) is 0 Å². The fourth-order valence-corrected chi connectivity index (χ4v) is 2.51. The Hall–Kier alpha value is -0.820. The zero-order valence-electron chi connectivity index (χ0n) is 10.7. The molecule has 1 aliphatic carbocycles. The fraction of sp³-hybridized carbons (Fsp3) is 0.600. The van der Waals surface area contributed by atoms with Crippen molar-refractivity contribution in [3.05, 3.63) is 35.4 Å². The predicted octanol–water partition coefficient (Wildman–Crippen LogP) is 3.83. The van der Waals surface area contributed by atoms with Gasteiger partial charge in [-0.05, 0) is 44.2 Å². The number of hydrogen-bond acceptors (Lipinski definition) is 1. The van der Waals surface area contributed by atoms with E-state index >= 15 is 0 Å². The van der Waals surface area contributed by atoms with Gasteiger partial charge in [0, 0.05) is 12.1 Å². The van der Waals surface area contributed by atoms with Gasteiger partial charge in [0.2, 0.25) is 0 Å². The van der Waals surface area contributed by atoms with Crippen molar-refractivity contribution in [3.63, 3.8) is 0 Å². The summed E-state index contributed by atoms with van der Waals surface area (Å²) in [5.74, 6) is 1.01. The van der Waals surface area contributed by atoms with Gasteiger partial charge in [0.05, 0.1) is 0 Å². The lowest BCUT2D eigenvalue weighted by molar-refractivity contribution is 0.437. The molecule has 0 aromatic heterocycles. The third kappa shape index (κ3) is 3.08. The molecule has 0 aliphatic heterocycles. The van der Waals surface area contributed by atoms with Gasteiger partial charge in [0.15, 0.2) is 0 Å². The van der Waals surface area contributed by atoms with Crippen molar-refractivity contribution in [2.24, 2.45) is 5.92 Å². The van der Waals surface area contributed by atoms with E-state index in [1.165, 1.54) is 30.4 Å². The molecule has 0 spiro atoms.